The number of nitrogens with one attached hydrogen (secondary N) is 1. The third-order valence-electron chi connectivity index (χ3n) is 5.76. The van der Waals surface area contributed by atoms with E-state index in [1.54, 1.807) is 24.4 Å². The van der Waals surface area contributed by atoms with Gasteiger partial charge < -0.3 is 10.2 Å². The van der Waals surface area contributed by atoms with E-state index in [4.69, 9.17) is 0 Å². The predicted octanol–water partition coefficient (Wildman–Crippen LogP) is 4.40. The average Bonchev–Trinajstić information content (AvgIpc) is 3.15. The van der Waals surface area contributed by atoms with E-state index in [0.29, 0.717) is 28.3 Å². The van der Waals surface area contributed by atoms with Crippen molar-refractivity contribution in [2.45, 2.75) is 38.3 Å². The molecule has 0 bridgehead atoms. The van der Waals surface area contributed by atoms with Gasteiger partial charge in [0.25, 0.3) is 5.91 Å². The lowest BCUT2D eigenvalue weighted by atomic mass is 10.1. The summed E-state index contributed by atoms with van der Waals surface area (Å²) >= 11 is 0. The van der Waals surface area contributed by atoms with Crippen LogP contribution < -0.4 is 15.5 Å². The number of hydrogen-bond donors (Lipinski definition) is 1. The summed E-state index contributed by atoms with van der Waals surface area (Å²) in [6.45, 7) is 7.78. The standard InChI is InChI=1S/C24H28FN5OP2/c1-14(2)19-7-4-15(11-26-19)23(31)29-21-20(17-10-16(32)5-6-18(17)25)27-13-28-22(21)30-9-8-24(3,33)12-30/h4-7,10-11,13-14H,8-9,12,32-33H2,1-3H3,(H,29,31). The van der Waals surface area contributed by atoms with Crippen LogP contribution in [0.1, 0.15) is 49.2 Å². The van der Waals surface area contributed by atoms with Crippen molar-refractivity contribution in [2.24, 2.45) is 0 Å². The summed E-state index contributed by atoms with van der Waals surface area (Å²) in [5, 5.41) is 3.82. The zero-order chi connectivity index (χ0) is 23.8. The molecule has 1 saturated heterocycles. The number of halogens is 1. The second-order valence-corrected chi connectivity index (χ2v) is 11.1. The summed E-state index contributed by atoms with van der Waals surface area (Å²) < 4.78 is 14.8. The fourth-order valence-corrected chi connectivity index (χ4v) is 4.50. The first-order chi connectivity index (χ1) is 15.6. The number of carbonyl (C=O) groups excluding carboxylic acids is 1. The van der Waals surface area contributed by atoms with Gasteiger partial charge in [-0.3, -0.25) is 9.78 Å². The van der Waals surface area contributed by atoms with Crippen molar-refractivity contribution >= 4 is 41.2 Å². The molecular weight excluding hydrogens is 455 g/mol. The average molecular weight is 483 g/mol. The minimum Gasteiger partial charge on any atom is -0.354 e. The van der Waals surface area contributed by atoms with Gasteiger partial charge in [0.15, 0.2) is 5.82 Å². The quantitative estimate of drug-likeness (QED) is 0.545. The normalized spacial score (nSPS) is 18.1. The number of anilines is 2. The first-order valence-electron chi connectivity index (χ1n) is 10.9. The van der Waals surface area contributed by atoms with Crippen molar-refractivity contribution in [3.8, 4) is 11.3 Å². The van der Waals surface area contributed by atoms with Crippen molar-refractivity contribution in [3.63, 3.8) is 0 Å². The Labute approximate surface area is 198 Å². The molecule has 1 fully saturated rings. The monoisotopic (exact) mass is 483 g/mol. The number of benzene rings is 1. The molecule has 3 heterocycles. The summed E-state index contributed by atoms with van der Waals surface area (Å²) in [5.74, 6) is 0.0909. The van der Waals surface area contributed by atoms with E-state index >= 15 is 0 Å². The highest BCUT2D eigenvalue weighted by molar-refractivity contribution is 7.27. The highest BCUT2D eigenvalue weighted by atomic mass is 31.0. The molecule has 3 atom stereocenters. The fourth-order valence-electron chi connectivity index (χ4n) is 3.89. The highest BCUT2D eigenvalue weighted by Crippen LogP contribution is 2.39. The molecule has 33 heavy (non-hydrogen) atoms. The fraction of sp³-hybridized carbons (Fsp3) is 0.333. The van der Waals surface area contributed by atoms with E-state index in [1.165, 1.54) is 12.4 Å². The molecule has 9 heteroatoms. The third kappa shape index (κ3) is 5.20. The van der Waals surface area contributed by atoms with Crippen molar-refractivity contribution in [1.29, 1.82) is 0 Å². The lowest BCUT2D eigenvalue weighted by Crippen LogP contribution is -2.27. The topological polar surface area (TPSA) is 71.0 Å². The molecule has 1 N–H and O–H groups in total. The molecule has 0 radical (unpaired) electrons. The van der Waals surface area contributed by atoms with Crippen molar-refractivity contribution < 1.29 is 9.18 Å². The molecule has 172 valence electrons. The zero-order valence-corrected chi connectivity index (χ0v) is 21.3. The Bertz CT molecular complexity index is 1180. The van der Waals surface area contributed by atoms with Gasteiger partial charge in [-0.2, -0.15) is 0 Å². The predicted molar refractivity (Wildman–Crippen MR) is 138 cm³/mol. The molecule has 6 nitrogen and oxygen atoms in total. The highest BCUT2D eigenvalue weighted by Gasteiger charge is 2.33. The molecule has 1 aliphatic heterocycles. The minimum atomic E-state index is -0.415. The minimum absolute atomic E-state index is 0.0359. The summed E-state index contributed by atoms with van der Waals surface area (Å²) in [6, 6.07) is 8.37. The van der Waals surface area contributed by atoms with Gasteiger partial charge in [-0.05, 0) is 41.9 Å². The Balaban J connectivity index is 1.78. The Morgan fingerprint density at radius 1 is 1.21 bits per heavy atom. The van der Waals surface area contributed by atoms with Gasteiger partial charge in [0.1, 0.15) is 23.5 Å². The Morgan fingerprint density at radius 2 is 2.00 bits per heavy atom. The van der Waals surface area contributed by atoms with Crippen LogP contribution in [0, 0.1) is 5.82 Å². The van der Waals surface area contributed by atoms with E-state index in [-0.39, 0.29) is 17.0 Å². The van der Waals surface area contributed by atoms with Crippen LogP contribution in [-0.2, 0) is 0 Å². The van der Waals surface area contributed by atoms with Crippen LogP contribution in [0.2, 0.25) is 0 Å². The Kier molecular flexibility index (Phi) is 6.74. The van der Waals surface area contributed by atoms with E-state index in [9.17, 15) is 9.18 Å². The number of amides is 1. The molecule has 0 spiro atoms. The summed E-state index contributed by atoms with van der Waals surface area (Å²) in [6.07, 6.45) is 3.94. The van der Waals surface area contributed by atoms with Crippen LogP contribution in [0.4, 0.5) is 15.9 Å². The molecule has 1 aromatic carbocycles. The molecular formula is C24H28FN5OP2. The number of aromatic nitrogens is 3. The van der Waals surface area contributed by atoms with Crippen molar-refractivity contribution in [1.82, 2.24) is 15.0 Å². The third-order valence-corrected chi connectivity index (χ3v) is 6.59. The van der Waals surface area contributed by atoms with Crippen molar-refractivity contribution in [3.05, 3.63) is 59.9 Å². The Morgan fingerprint density at radius 3 is 2.64 bits per heavy atom. The second-order valence-electron chi connectivity index (χ2n) is 9.07. The van der Waals surface area contributed by atoms with Crippen LogP contribution in [0.5, 0.6) is 0 Å². The van der Waals surface area contributed by atoms with Gasteiger partial charge in [-0.15, -0.1) is 18.5 Å². The van der Waals surface area contributed by atoms with Crippen LogP contribution in [0.15, 0.2) is 42.9 Å². The molecule has 4 rings (SSSR count). The number of rotatable bonds is 5. The van der Waals surface area contributed by atoms with E-state index < -0.39 is 5.82 Å². The summed E-state index contributed by atoms with van der Waals surface area (Å²) in [7, 11) is 5.46. The Hall–Kier alpha value is -2.49. The van der Waals surface area contributed by atoms with Gasteiger partial charge >= 0.3 is 0 Å². The number of carbonyl (C=O) groups is 1. The maximum Gasteiger partial charge on any atom is 0.257 e. The lowest BCUT2D eigenvalue weighted by Gasteiger charge is -2.24. The molecule has 3 aromatic rings. The van der Waals surface area contributed by atoms with E-state index in [2.05, 4.69) is 50.6 Å². The van der Waals surface area contributed by atoms with Gasteiger partial charge in [0, 0.05) is 35.7 Å². The lowest BCUT2D eigenvalue weighted by molar-refractivity contribution is 0.102. The van der Waals surface area contributed by atoms with Crippen molar-refractivity contribution in [2.75, 3.05) is 23.3 Å². The molecule has 0 aliphatic carbocycles. The van der Waals surface area contributed by atoms with Crippen LogP contribution in [0.3, 0.4) is 0 Å². The number of pyridine rings is 1. The zero-order valence-electron chi connectivity index (χ0n) is 19.0. The second kappa shape index (κ2) is 9.40. The maximum absolute atomic E-state index is 14.8. The van der Waals surface area contributed by atoms with Gasteiger partial charge in [0.2, 0.25) is 0 Å². The largest absolute Gasteiger partial charge is 0.354 e. The molecule has 1 amide bonds. The summed E-state index contributed by atoms with van der Waals surface area (Å²) in [5.41, 5.74) is 2.37. The smallest absolute Gasteiger partial charge is 0.257 e. The number of nitrogens with zero attached hydrogens (tertiary/aromatic N) is 4. The van der Waals surface area contributed by atoms with Gasteiger partial charge in [0.05, 0.1) is 5.56 Å². The first-order valence-corrected chi connectivity index (χ1v) is 12.0. The molecule has 2 aromatic heterocycles. The van der Waals surface area contributed by atoms with Crippen LogP contribution >= 0.6 is 18.5 Å². The maximum atomic E-state index is 14.8. The van der Waals surface area contributed by atoms with Gasteiger partial charge in [-0.25, -0.2) is 14.4 Å². The molecule has 1 aliphatic rings. The SMILES string of the molecule is CC(C)c1ccc(C(=O)Nc2c(-c3cc(P)ccc3F)ncnc2N2CCC(C)(P)C2)cn1. The van der Waals surface area contributed by atoms with Crippen LogP contribution in [0.25, 0.3) is 11.3 Å². The first kappa shape index (κ1) is 23.7. The number of hydrogen-bond acceptors (Lipinski definition) is 5. The van der Waals surface area contributed by atoms with Crippen LogP contribution in [-0.4, -0.2) is 39.1 Å². The van der Waals surface area contributed by atoms with Gasteiger partial charge in [-0.1, -0.05) is 26.8 Å². The van der Waals surface area contributed by atoms with E-state index in [1.807, 2.05) is 19.9 Å². The molecule has 0 saturated carbocycles. The molecule has 3 unspecified atom stereocenters. The van der Waals surface area contributed by atoms with E-state index in [0.717, 1.165) is 30.5 Å². The summed E-state index contributed by atoms with van der Waals surface area (Å²) in [4.78, 5) is 28.6.